The average molecular weight is 301 g/mol. The van der Waals surface area contributed by atoms with E-state index in [2.05, 4.69) is 10.4 Å². The topological polar surface area (TPSA) is 101 Å². The Balaban J connectivity index is 2.17. The highest BCUT2D eigenvalue weighted by Crippen LogP contribution is 2.29. The van der Waals surface area contributed by atoms with Gasteiger partial charge in [-0.05, 0) is 28.6 Å². The number of hydrogen-bond acceptors (Lipinski definition) is 5. The molecule has 5 heteroatoms. The molecule has 23 heavy (non-hydrogen) atoms. The highest BCUT2D eigenvalue weighted by Gasteiger charge is 2.08. The summed E-state index contributed by atoms with van der Waals surface area (Å²) in [6.45, 7) is 0. The molecule has 0 bridgehead atoms. The van der Waals surface area contributed by atoms with Gasteiger partial charge in [-0.3, -0.25) is 4.98 Å². The second kappa shape index (κ2) is 6.18. The number of hydrogen-bond donors (Lipinski definition) is 3. The Morgan fingerprint density at radius 3 is 2.74 bits per heavy atom. The van der Waals surface area contributed by atoms with Crippen molar-refractivity contribution in [2.75, 3.05) is 0 Å². The zero-order valence-electron chi connectivity index (χ0n) is 12.3. The third-order valence-electron chi connectivity index (χ3n) is 3.69. The number of aromatic nitrogens is 1. The summed E-state index contributed by atoms with van der Waals surface area (Å²) in [7, 11) is 0. The minimum Gasteiger partial charge on any atom is -0.396 e. The number of nitrogens with two attached hydrogens (primary N) is 2. The van der Waals surface area contributed by atoms with E-state index in [1.54, 1.807) is 6.20 Å². The van der Waals surface area contributed by atoms with Crippen LogP contribution in [-0.4, -0.2) is 4.98 Å². The maximum atomic E-state index is 9.05. The van der Waals surface area contributed by atoms with Gasteiger partial charge in [0.1, 0.15) is 6.07 Å². The first-order valence-corrected chi connectivity index (χ1v) is 7.04. The lowest BCUT2D eigenvalue weighted by Gasteiger charge is -2.10. The number of allylic oxidation sites excluding steroid dienone is 1. The van der Waals surface area contributed by atoms with E-state index in [0.717, 1.165) is 27.5 Å². The van der Waals surface area contributed by atoms with Crippen LogP contribution in [0.15, 0.2) is 66.6 Å². The summed E-state index contributed by atoms with van der Waals surface area (Å²) in [6.07, 6.45) is 3.61. The van der Waals surface area contributed by atoms with E-state index < -0.39 is 0 Å². The van der Waals surface area contributed by atoms with Crippen LogP contribution in [-0.2, 0) is 0 Å². The van der Waals surface area contributed by atoms with Crippen molar-refractivity contribution in [3.8, 4) is 17.2 Å². The summed E-state index contributed by atoms with van der Waals surface area (Å²) in [6, 6.07) is 17.7. The average Bonchev–Trinajstić information content (AvgIpc) is 2.62. The Hall–Kier alpha value is -3.36. The Morgan fingerprint density at radius 1 is 1.13 bits per heavy atom. The Kier molecular flexibility index (Phi) is 3.91. The highest BCUT2D eigenvalue weighted by molar-refractivity contribution is 5.96. The molecule has 1 heterocycles. The number of pyridine rings is 1. The van der Waals surface area contributed by atoms with Gasteiger partial charge in [-0.25, -0.2) is 5.84 Å². The van der Waals surface area contributed by atoms with Gasteiger partial charge in [0.15, 0.2) is 5.70 Å². The summed E-state index contributed by atoms with van der Waals surface area (Å²) >= 11 is 0. The normalized spacial score (nSPS) is 11.7. The number of nitriles is 1. The second-order valence-corrected chi connectivity index (χ2v) is 5.03. The van der Waals surface area contributed by atoms with Crippen molar-refractivity contribution in [2.24, 2.45) is 11.6 Å². The van der Waals surface area contributed by atoms with Crippen molar-refractivity contribution in [3.05, 3.63) is 72.2 Å². The Labute approximate surface area is 133 Å². The summed E-state index contributed by atoms with van der Waals surface area (Å²) < 4.78 is 0. The summed E-state index contributed by atoms with van der Waals surface area (Å²) in [4.78, 5) is 4.15. The van der Waals surface area contributed by atoms with E-state index >= 15 is 0 Å². The molecule has 2 aromatic carbocycles. The van der Waals surface area contributed by atoms with E-state index in [4.69, 9.17) is 16.8 Å². The number of nitrogens with zero attached hydrogens (tertiary/aromatic N) is 2. The van der Waals surface area contributed by atoms with Crippen LogP contribution >= 0.6 is 0 Å². The fourth-order valence-corrected chi connectivity index (χ4v) is 2.54. The maximum absolute atomic E-state index is 9.05. The Morgan fingerprint density at radius 2 is 1.96 bits per heavy atom. The molecule has 0 fully saturated rings. The van der Waals surface area contributed by atoms with Crippen molar-refractivity contribution < 1.29 is 0 Å². The molecule has 0 amide bonds. The van der Waals surface area contributed by atoms with E-state index in [9.17, 15) is 0 Å². The maximum Gasteiger partial charge on any atom is 0.151 e. The molecule has 0 saturated heterocycles. The molecule has 112 valence electrons. The van der Waals surface area contributed by atoms with Crippen LogP contribution in [0.25, 0.3) is 27.6 Å². The molecule has 0 aliphatic rings. The van der Waals surface area contributed by atoms with Crippen molar-refractivity contribution in [1.82, 2.24) is 10.4 Å². The fraction of sp³-hybridized carbons (Fsp3) is 0. The van der Waals surface area contributed by atoms with Crippen LogP contribution in [0.3, 0.4) is 0 Å². The van der Waals surface area contributed by atoms with Gasteiger partial charge in [-0.2, -0.15) is 5.26 Å². The van der Waals surface area contributed by atoms with Crippen molar-refractivity contribution >= 4 is 16.5 Å². The van der Waals surface area contributed by atoms with Crippen LogP contribution in [0.5, 0.6) is 0 Å². The van der Waals surface area contributed by atoms with Gasteiger partial charge in [0, 0.05) is 23.3 Å². The summed E-state index contributed by atoms with van der Waals surface area (Å²) in [5.74, 6) is 5.33. The quantitative estimate of drug-likeness (QED) is 0.392. The minimum atomic E-state index is 0.143. The zero-order valence-corrected chi connectivity index (χ0v) is 12.3. The van der Waals surface area contributed by atoms with Crippen LogP contribution in [0.1, 0.15) is 5.56 Å². The third-order valence-corrected chi connectivity index (χ3v) is 3.69. The number of fused-ring (bicyclic) bond motifs is 1. The molecular formula is C18H15N5. The van der Waals surface area contributed by atoms with Crippen LogP contribution < -0.4 is 17.0 Å². The SMILES string of the molecule is N#C/C(NN)=C(/N)c1cccc(-c2cccc3cnccc23)c1. The van der Waals surface area contributed by atoms with Crippen LogP contribution in [0, 0.1) is 11.3 Å². The van der Waals surface area contributed by atoms with Gasteiger partial charge in [0.2, 0.25) is 0 Å². The highest BCUT2D eigenvalue weighted by atomic mass is 15.2. The zero-order chi connectivity index (χ0) is 16.2. The molecule has 0 unspecified atom stereocenters. The van der Waals surface area contributed by atoms with Gasteiger partial charge >= 0.3 is 0 Å². The van der Waals surface area contributed by atoms with E-state index in [-0.39, 0.29) is 5.70 Å². The first-order valence-electron chi connectivity index (χ1n) is 7.04. The molecule has 5 nitrogen and oxygen atoms in total. The molecule has 0 spiro atoms. The molecule has 0 aliphatic heterocycles. The van der Waals surface area contributed by atoms with Crippen molar-refractivity contribution in [2.45, 2.75) is 0 Å². The van der Waals surface area contributed by atoms with Crippen LogP contribution in [0.4, 0.5) is 0 Å². The lowest BCUT2D eigenvalue weighted by atomic mass is 9.97. The van der Waals surface area contributed by atoms with Gasteiger partial charge in [-0.1, -0.05) is 36.4 Å². The molecule has 0 saturated carbocycles. The molecule has 0 radical (unpaired) electrons. The molecule has 3 aromatic rings. The Bertz CT molecular complexity index is 932. The van der Waals surface area contributed by atoms with Gasteiger partial charge in [-0.15, -0.1) is 0 Å². The van der Waals surface area contributed by atoms with E-state index in [1.165, 1.54) is 0 Å². The molecule has 3 rings (SSSR count). The monoisotopic (exact) mass is 301 g/mol. The standard InChI is InChI=1S/C18H15N5/c19-10-17(23-21)18(20)13-4-1-3-12(9-13)15-6-2-5-14-11-22-8-7-16(14)15/h1-9,11,23H,20-21H2/b18-17-. The van der Waals surface area contributed by atoms with Gasteiger partial charge < -0.3 is 11.2 Å². The molecular weight excluding hydrogens is 286 g/mol. The van der Waals surface area contributed by atoms with Crippen molar-refractivity contribution in [1.29, 1.82) is 5.26 Å². The summed E-state index contributed by atoms with van der Waals surface area (Å²) in [5, 5.41) is 11.2. The fourth-order valence-electron chi connectivity index (χ4n) is 2.54. The second-order valence-electron chi connectivity index (χ2n) is 5.03. The minimum absolute atomic E-state index is 0.143. The molecule has 5 N–H and O–H groups in total. The lowest BCUT2D eigenvalue weighted by Crippen LogP contribution is -2.23. The predicted molar refractivity (Wildman–Crippen MR) is 91.2 cm³/mol. The van der Waals surface area contributed by atoms with Gasteiger partial charge in [0.25, 0.3) is 0 Å². The first kappa shape index (κ1) is 14.6. The van der Waals surface area contributed by atoms with E-state index in [0.29, 0.717) is 5.70 Å². The number of rotatable bonds is 3. The van der Waals surface area contributed by atoms with Crippen LogP contribution in [0.2, 0.25) is 0 Å². The number of benzene rings is 2. The number of nitrogens with one attached hydrogen (secondary N) is 1. The molecule has 0 atom stereocenters. The van der Waals surface area contributed by atoms with Crippen molar-refractivity contribution in [3.63, 3.8) is 0 Å². The smallest absolute Gasteiger partial charge is 0.151 e. The predicted octanol–water partition coefficient (Wildman–Crippen LogP) is 2.52. The first-order chi connectivity index (χ1) is 11.2. The molecule has 1 aromatic heterocycles. The number of hydrazine groups is 1. The largest absolute Gasteiger partial charge is 0.396 e. The van der Waals surface area contributed by atoms with E-state index in [1.807, 2.05) is 60.8 Å². The van der Waals surface area contributed by atoms with Gasteiger partial charge in [0.05, 0.1) is 5.70 Å². The summed E-state index contributed by atoms with van der Waals surface area (Å²) in [5.41, 5.74) is 11.6. The molecule has 0 aliphatic carbocycles. The lowest BCUT2D eigenvalue weighted by molar-refractivity contribution is 0.920. The third kappa shape index (κ3) is 2.71.